The number of para-hydroxylation sites is 1. The largest absolute Gasteiger partial charge is 0.490 e. The van der Waals surface area contributed by atoms with Crippen molar-refractivity contribution in [2.45, 2.75) is 26.6 Å². The van der Waals surface area contributed by atoms with Gasteiger partial charge in [-0.15, -0.1) is 23.7 Å². The third-order valence-electron chi connectivity index (χ3n) is 3.88. The van der Waals surface area contributed by atoms with Crippen molar-refractivity contribution in [2.75, 3.05) is 6.61 Å². The maximum atomic E-state index is 6.25. The molecule has 0 atom stereocenters. The molecule has 6 heteroatoms. The highest BCUT2D eigenvalue weighted by Crippen LogP contribution is 2.33. The van der Waals surface area contributed by atoms with Crippen LogP contribution in [0.3, 0.4) is 0 Å². The van der Waals surface area contributed by atoms with Crippen molar-refractivity contribution in [1.82, 2.24) is 5.32 Å². The fraction of sp³-hybridized carbons (Fsp3) is 0.238. The lowest BCUT2D eigenvalue weighted by atomic mass is 10.1. The summed E-state index contributed by atoms with van der Waals surface area (Å²) in [6, 6.07) is 17.9. The van der Waals surface area contributed by atoms with Crippen LogP contribution in [0, 0.1) is 0 Å². The van der Waals surface area contributed by atoms with E-state index in [1.54, 1.807) is 11.3 Å². The first-order chi connectivity index (χ1) is 12.8. The zero-order valence-electron chi connectivity index (χ0n) is 15.1. The van der Waals surface area contributed by atoms with Gasteiger partial charge in [0.2, 0.25) is 0 Å². The Morgan fingerprint density at radius 3 is 2.48 bits per heavy atom. The standard InChI is InChI=1S/C21H22ClNO2S.ClH/c1-2-24-20-11-5-8-16(13-23-14-18-9-6-12-26-18)21(20)25-15-17-7-3-4-10-19(17)22;/h3-12,23H,2,13-15H2,1H3;1H. The Balaban J connectivity index is 0.00000261. The van der Waals surface area contributed by atoms with Gasteiger partial charge in [0.1, 0.15) is 6.61 Å². The summed E-state index contributed by atoms with van der Waals surface area (Å²) in [4.78, 5) is 1.31. The van der Waals surface area contributed by atoms with E-state index >= 15 is 0 Å². The molecule has 2 aromatic carbocycles. The van der Waals surface area contributed by atoms with Crippen LogP contribution < -0.4 is 14.8 Å². The molecule has 3 rings (SSSR count). The minimum absolute atomic E-state index is 0. The minimum atomic E-state index is 0. The van der Waals surface area contributed by atoms with Crippen molar-refractivity contribution in [2.24, 2.45) is 0 Å². The van der Waals surface area contributed by atoms with Crippen LogP contribution in [-0.4, -0.2) is 6.61 Å². The normalized spacial score (nSPS) is 10.3. The topological polar surface area (TPSA) is 30.5 Å². The van der Waals surface area contributed by atoms with Gasteiger partial charge in [0.15, 0.2) is 11.5 Å². The molecule has 0 aliphatic rings. The summed E-state index contributed by atoms with van der Waals surface area (Å²) in [6.45, 7) is 4.51. The highest BCUT2D eigenvalue weighted by Gasteiger charge is 2.12. The zero-order chi connectivity index (χ0) is 18.2. The summed E-state index contributed by atoms with van der Waals surface area (Å²) >= 11 is 8.00. The van der Waals surface area contributed by atoms with Crippen molar-refractivity contribution in [3.8, 4) is 11.5 Å². The molecule has 27 heavy (non-hydrogen) atoms. The van der Waals surface area contributed by atoms with Crippen molar-refractivity contribution < 1.29 is 9.47 Å². The molecule has 0 amide bonds. The first-order valence-electron chi connectivity index (χ1n) is 8.62. The Hall–Kier alpha value is -1.72. The Kier molecular flexibility index (Phi) is 8.95. The van der Waals surface area contributed by atoms with Gasteiger partial charge in [0.25, 0.3) is 0 Å². The molecule has 0 radical (unpaired) electrons. The van der Waals surface area contributed by atoms with Crippen LogP contribution in [0.25, 0.3) is 0 Å². The quantitative estimate of drug-likeness (QED) is 0.451. The average molecular weight is 424 g/mol. The number of hydrogen-bond donors (Lipinski definition) is 1. The molecule has 144 valence electrons. The van der Waals surface area contributed by atoms with Gasteiger partial charge in [-0.3, -0.25) is 0 Å². The Morgan fingerprint density at radius 1 is 0.926 bits per heavy atom. The van der Waals surface area contributed by atoms with Gasteiger partial charge in [-0.25, -0.2) is 0 Å². The predicted molar refractivity (Wildman–Crippen MR) is 116 cm³/mol. The minimum Gasteiger partial charge on any atom is -0.490 e. The third kappa shape index (κ3) is 6.15. The summed E-state index contributed by atoms with van der Waals surface area (Å²) in [5.74, 6) is 1.53. The van der Waals surface area contributed by atoms with Gasteiger partial charge in [-0.05, 0) is 30.5 Å². The predicted octanol–water partition coefficient (Wildman–Crippen LogP) is 6.09. The number of rotatable bonds is 9. The second-order valence-electron chi connectivity index (χ2n) is 5.74. The number of halogens is 2. The van der Waals surface area contributed by atoms with E-state index in [1.807, 2.05) is 43.3 Å². The molecule has 0 saturated heterocycles. The monoisotopic (exact) mass is 423 g/mol. The van der Waals surface area contributed by atoms with Crippen molar-refractivity contribution in [3.63, 3.8) is 0 Å². The molecule has 1 aromatic heterocycles. The smallest absolute Gasteiger partial charge is 0.166 e. The molecular weight excluding hydrogens is 401 g/mol. The first kappa shape index (κ1) is 21.6. The molecule has 3 nitrogen and oxygen atoms in total. The summed E-state index contributed by atoms with van der Waals surface area (Å²) in [7, 11) is 0. The summed E-state index contributed by atoms with van der Waals surface area (Å²) in [5.41, 5.74) is 2.03. The number of benzene rings is 2. The van der Waals surface area contributed by atoms with E-state index in [2.05, 4.69) is 28.9 Å². The number of thiophene rings is 1. The van der Waals surface area contributed by atoms with E-state index in [0.717, 1.165) is 29.2 Å². The second-order valence-corrected chi connectivity index (χ2v) is 7.18. The van der Waals surface area contributed by atoms with Crippen LogP contribution in [0.2, 0.25) is 5.02 Å². The van der Waals surface area contributed by atoms with Crippen LogP contribution >= 0.6 is 35.3 Å². The summed E-state index contributed by atoms with van der Waals surface area (Å²) < 4.78 is 11.9. The lowest BCUT2D eigenvalue weighted by Gasteiger charge is -2.17. The second kappa shape index (κ2) is 11.2. The lowest BCUT2D eigenvalue weighted by molar-refractivity contribution is 0.266. The van der Waals surface area contributed by atoms with E-state index in [0.29, 0.717) is 24.8 Å². The maximum Gasteiger partial charge on any atom is 0.166 e. The fourth-order valence-corrected chi connectivity index (χ4v) is 3.50. The molecule has 0 aliphatic heterocycles. The van der Waals surface area contributed by atoms with Gasteiger partial charge in [-0.1, -0.05) is 48.0 Å². The molecule has 0 fully saturated rings. The Labute approximate surface area is 175 Å². The van der Waals surface area contributed by atoms with Crippen LogP contribution in [0.5, 0.6) is 11.5 Å². The van der Waals surface area contributed by atoms with Gasteiger partial charge in [0, 0.05) is 34.1 Å². The molecule has 0 unspecified atom stereocenters. The van der Waals surface area contributed by atoms with Gasteiger partial charge < -0.3 is 14.8 Å². The first-order valence-corrected chi connectivity index (χ1v) is 9.87. The molecular formula is C21H23Cl2NO2S. The Morgan fingerprint density at radius 2 is 1.74 bits per heavy atom. The molecule has 0 aliphatic carbocycles. The van der Waals surface area contributed by atoms with E-state index in [1.165, 1.54) is 4.88 Å². The van der Waals surface area contributed by atoms with Crippen LogP contribution in [-0.2, 0) is 19.7 Å². The van der Waals surface area contributed by atoms with E-state index in [-0.39, 0.29) is 12.4 Å². The molecule has 3 aromatic rings. The zero-order valence-corrected chi connectivity index (χ0v) is 17.5. The van der Waals surface area contributed by atoms with E-state index in [9.17, 15) is 0 Å². The summed E-state index contributed by atoms with van der Waals surface area (Å²) in [5, 5.41) is 6.27. The average Bonchev–Trinajstić information content (AvgIpc) is 3.16. The SMILES string of the molecule is CCOc1cccc(CNCc2cccs2)c1OCc1ccccc1Cl.Cl. The van der Waals surface area contributed by atoms with Gasteiger partial charge >= 0.3 is 0 Å². The van der Waals surface area contributed by atoms with Crippen LogP contribution in [0.1, 0.15) is 22.9 Å². The van der Waals surface area contributed by atoms with Crippen molar-refractivity contribution >= 4 is 35.3 Å². The molecule has 0 bridgehead atoms. The van der Waals surface area contributed by atoms with Crippen LogP contribution in [0.15, 0.2) is 60.0 Å². The maximum absolute atomic E-state index is 6.25. The van der Waals surface area contributed by atoms with Crippen molar-refractivity contribution in [1.29, 1.82) is 0 Å². The lowest BCUT2D eigenvalue weighted by Crippen LogP contribution is -2.13. The van der Waals surface area contributed by atoms with Crippen molar-refractivity contribution in [3.05, 3.63) is 81.0 Å². The Bertz CT molecular complexity index is 825. The number of ether oxygens (including phenoxy) is 2. The molecule has 1 N–H and O–H groups in total. The fourth-order valence-electron chi connectivity index (χ4n) is 2.63. The third-order valence-corrected chi connectivity index (χ3v) is 5.13. The summed E-state index contributed by atoms with van der Waals surface area (Å²) in [6.07, 6.45) is 0. The number of hydrogen-bond acceptors (Lipinski definition) is 4. The molecule has 1 heterocycles. The highest BCUT2D eigenvalue weighted by molar-refractivity contribution is 7.09. The van der Waals surface area contributed by atoms with Gasteiger partial charge in [0.05, 0.1) is 6.61 Å². The van der Waals surface area contributed by atoms with E-state index in [4.69, 9.17) is 21.1 Å². The molecule has 0 saturated carbocycles. The van der Waals surface area contributed by atoms with E-state index < -0.39 is 0 Å². The van der Waals surface area contributed by atoms with Crippen LogP contribution in [0.4, 0.5) is 0 Å². The van der Waals surface area contributed by atoms with Gasteiger partial charge in [-0.2, -0.15) is 0 Å². The highest BCUT2D eigenvalue weighted by atomic mass is 35.5. The number of nitrogens with one attached hydrogen (secondary N) is 1. The molecule has 0 spiro atoms.